The zero-order chi connectivity index (χ0) is 19.4. The van der Waals surface area contributed by atoms with E-state index in [1.807, 2.05) is 12.3 Å². The molecule has 0 radical (unpaired) electrons. The Morgan fingerprint density at radius 3 is 2.86 bits per heavy atom. The number of aromatic nitrogens is 4. The fourth-order valence-electron chi connectivity index (χ4n) is 3.98. The van der Waals surface area contributed by atoms with Crippen LogP contribution in [0.3, 0.4) is 0 Å². The van der Waals surface area contributed by atoms with Gasteiger partial charge in [-0.3, -0.25) is 9.59 Å². The second-order valence-electron chi connectivity index (χ2n) is 7.05. The fraction of sp³-hybridized carbons (Fsp3) is 0.333. The second kappa shape index (κ2) is 6.06. The van der Waals surface area contributed by atoms with E-state index < -0.39 is 5.91 Å². The third-order valence-electron chi connectivity index (χ3n) is 5.46. The highest BCUT2D eigenvalue weighted by Crippen LogP contribution is 2.53. The van der Waals surface area contributed by atoms with Crippen LogP contribution in [0.2, 0.25) is 0 Å². The Labute approximate surface area is 159 Å². The Hall–Kier alpha value is -3.40. The van der Waals surface area contributed by atoms with Gasteiger partial charge >= 0.3 is 0 Å². The number of nitrogens with zero attached hydrogens (tertiary/aromatic N) is 4. The van der Waals surface area contributed by atoms with Crippen molar-refractivity contribution in [3.05, 3.63) is 46.5 Å². The first-order valence-electron chi connectivity index (χ1n) is 9.00. The van der Waals surface area contributed by atoms with Crippen LogP contribution < -0.4 is 21.9 Å². The summed E-state index contributed by atoms with van der Waals surface area (Å²) in [4.78, 5) is 29.0. The van der Waals surface area contributed by atoms with Gasteiger partial charge in [-0.25, -0.2) is 4.98 Å². The minimum absolute atomic E-state index is 0.113. The van der Waals surface area contributed by atoms with Crippen LogP contribution in [0.4, 0.5) is 17.3 Å². The first-order valence-corrected chi connectivity index (χ1v) is 9.00. The van der Waals surface area contributed by atoms with Crippen molar-refractivity contribution < 1.29 is 9.53 Å². The van der Waals surface area contributed by atoms with Gasteiger partial charge in [-0.2, -0.15) is 9.61 Å². The van der Waals surface area contributed by atoms with Gasteiger partial charge in [-0.05, 0) is 12.1 Å². The molecule has 0 aromatic carbocycles. The number of pyridine rings is 1. The van der Waals surface area contributed by atoms with E-state index >= 15 is 0 Å². The molecule has 1 aliphatic carbocycles. The van der Waals surface area contributed by atoms with E-state index in [9.17, 15) is 9.59 Å². The Kier molecular flexibility index (Phi) is 3.63. The molecule has 4 heterocycles. The molecular weight excluding hydrogens is 362 g/mol. The number of carbonyl (C=O) groups excluding carboxylic acids is 1. The van der Waals surface area contributed by atoms with Crippen LogP contribution in [0.15, 0.2) is 35.4 Å². The smallest absolute Gasteiger partial charge is 0.274 e. The number of nitrogens with one attached hydrogen (secondary N) is 2. The molecule has 0 spiro atoms. The number of amides is 1. The summed E-state index contributed by atoms with van der Waals surface area (Å²) < 4.78 is 8.67. The maximum atomic E-state index is 13.0. The molecule has 0 bridgehead atoms. The Balaban J connectivity index is 1.53. The maximum Gasteiger partial charge on any atom is 0.274 e. The number of primary amides is 1. The molecule has 1 saturated heterocycles. The summed E-state index contributed by atoms with van der Waals surface area (Å²) in [5.41, 5.74) is 6.22. The molecule has 2 aliphatic rings. The van der Waals surface area contributed by atoms with Crippen LogP contribution in [0.25, 0.3) is 5.65 Å². The topological polar surface area (TPSA) is 129 Å². The molecule has 3 aromatic heterocycles. The highest BCUT2D eigenvalue weighted by molar-refractivity contribution is 5.98. The Bertz CT molecular complexity index is 1140. The molecule has 10 heteroatoms. The predicted octanol–water partition coefficient (Wildman–Crippen LogP) is 0.592. The van der Waals surface area contributed by atoms with Gasteiger partial charge in [-0.15, -0.1) is 0 Å². The number of carbonyl (C=O) groups is 1. The maximum absolute atomic E-state index is 13.0. The number of rotatable bonds is 5. The van der Waals surface area contributed by atoms with Crippen LogP contribution in [-0.4, -0.2) is 45.3 Å². The van der Waals surface area contributed by atoms with Gasteiger partial charge in [0.1, 0.15) is 22.9 Å². The van der Waals surface area contributed by atoms with Crippen molar-refractivity contribution in [3.63, 3.8) is 0 Å². The molecule has 3 atom stereocenters. The van der Waals surface area contributed by atoms with Gasteiger partial charge < -0.3 is 25.7 Å². The van der Waals surface area contributed by atoms with Crippen LogP contribution >= 0.6 is 0 Å². The quantitative estimate of drug-likeness (QED) is 0.590. The second-order valence-corrected chi connectivity index (χ2v) is 7.05. The molecule has 3 aromatic rings. The van der Waals surface area contributed by atoms with Crippen molar-refractivity contribution in [2.45, 2.75) is 6.04 Å². The lowest BCUT2D eigenvalue weighted by Gasteiger charge is -2.12. The first-order chi connectivity index (χ1) is 13.6. The zero-order valence-corrected chi connectivity index (χ0v) is 15.1. The summed E-state index contributed by atoms with van der Waals surface area (Å²) in [6.07, 6.45) is 3.19. The van der Waals surface area contributed by atoms with E-state index in [0.29, 0.717) is 48.0 Å². The lowest BCUT2D eigenvalue weighted by molar-refractivity contribution is 0.100. The summed E-state index contributed by atoms with van der Waals surface area (Å²) in [5.74, 6) is 1.23. The Morgan fingerprint density at radius 2 is 2.14 bits per heavy atom. The highest BCUT2D eigenvalue weighted by Gasteiger charge is 2.55. The van der Waals surface area contributed by atoms with E-state index in [-0.39, 0.29) is 17.2 Å². The minimum atomic E-state index is -0.619. The minimum Gasteiger partial charge on any atom is -0.381 e. The summed E-state index contributed by atoms with van der Waals surface area (Å²) in [7, 11) is 1.73. The Morgan fingerprint density at radius 1 is 1.36 bits per heavy atom. The van der Waals surface area contributed by atoms with Crippen molar-refractivity contribution in [1.29, 1.82) is 0 Å². The number of nitrogens with two attached hydrogens (primary N) is 1. The summed E-state index contributed by atoms with van der Waals surface area (Å²) in [5, 5.41) is 10.2. The van der Waals surface area contributed by atoms with Crippen LogP contribution in [0.1, 0.15) is 16.4 Å². The summed E-state index contributed by atoms with van der Waals surface area (Å²) in [6, 6.07) is 5.46. The van der Waals surface area contributed by atoms with E-state index in [1.165, 1.54) is 10.7 Å². The number of ether oxygens (including phenoxy) is 1. The standard InChI is InChI=1S/C18H19N7O3/c1-20-14-5-13(23-17-9(16(19)26)6-21-25(14)17)22-12-3-2-4-24(18(12)27)15-10-7-28-8-11(10)15/h2-6,10-11,15,20H,7-8H2,1H3,(H2,19,26)(H,22,23)/t10-,11+,15+. The van der Waals surface area contributed by atoms with E-state index in [2.05, 4.69) is 20.7 Å². The molecule has 4 N–H and O–H groups in total. The molecule has 144 valence electrons. The number of fused-ring (bicyclic) bond motifs is 2. The van der Waals surface area contributed by atoms with Crippen molar-refractivity contribution in [2.75, 3.05) is 30.9 Å². The van der Waals surface area contributed by atoms with E-state index in [0.717, 1.165) is 0 Å². The van der Waals surface area contributed by atoms with Gasteiger partial charge in [0.25, 0.3) is 11.5 Å². The first kappa shape index (κ1) is 16.8. The SMILES string of the molecule is CNc1cc(Nc2cccn([C@H]3[C@@H]4COC[C@@H]43)c2=O)nc2c(C(N)=O)cnn12. The lowest BCUT2D eigenvalue weighted by Crippen LogP contribution is -2.23. The third-order valence-corrected chi connectivity index (χ3v) is 5.46. The van der Waals surface area contributed by atoms with Gasteiger partial charge in [0, 0.05) is 37.2 Å². The average molecular weight is 381 g/mol. The average Bonchev–Trinajstić information content (AvgIpc) is 3.02. The van der Waals surface area contributed by atoms with Gasteiger partial charge in [0.15, 0.2) is 5.65 Å². The van der Waals surface area contributed by atoms with Gasteiger partial charge in [0.2, 0.25) is 0 Å². The van der Waals surface area contributed by atoms with Crippen LogP contribution in [-0.2, 0) is 4.74 Å². The normalized spacial score (nSPS) is 22.8. The van der Waals surface area contributed by atoms with Crippen LogP contribution in [0.5, 0.6) is 0 Å². The molecule has 28 heavy (non-hydrogen) atoms. The molecule has 1 amide bonds. The number of anilines is 3. The van der Waals surface area contributed by atoms with Crippen molar-refractivity contribution >= 4 is 28.9 Å². The third kappa shape index (κ3) is 2.45. The zero-order valence-electron chi connectivity index (χ0n) is 15.1. The fourth-order valence-corrected chi connectivity index (χ4v) is 3.98. The van der Waals surface area contributed by atoms with Gasteiger partial charge in [-0.1, -0.05) is 0 Å². The molecular formula is C18H19N7O3. The van der Waals surface area contributed by atoms with E-state index in [1.54, 1.807) is 23.7 Å². The lowest BCUT2D eigenvalue weighted by atomic mass is 10.3. The van der Waals surface area contributed by atoms with Crippen molar-refractivity contribution in [1.82, 2.24) is 19.2 Å². The van der Waals surface area contributed by atoms with Crippen molar-refractivity contribution in [2.24, 2.45) is 17.6 Å². The largest absolute Gasteiger partial charge is 0.381 e. The van der Waals surface area contributed by atoms with E-state index in [4.69, 9.17) is 10.5 Å². The molecule has 5 rings (SSSR count). The summed E-state index contributed by atoms with van der Waals surface area (Å²) >= 11 is 0. The highest BCUT2D eigenvalue weighted by atomic mass is 16.5. The molecule has 2 fully saturated rings. The predicted molar refractivity (Wildman–Crippen MR) is 102 cm³/mol. The van der Waals surface area contributed by atoms with Gasteiger partial charge in [0.05, 0.1) is 19.4 Å². The number of hydrogen-bond donors (Lipinski definition) is 3. The van der Waals surface area contributed by atoms with Crippen molar-refractivity contribution in [3.8, 4) is 0 Å². The summed E-state index contributed by atoms with van der Waals surface area (Å²) in [6.45, 7) is 1.42. The molecule has 10 nitrogen and oxygen atoms in total. The molecule has 1 aliphatic heterocycles. The molecule has 0 unspecified atom stereocenters. The number of hydrogen-bond acceptors (Lipinski definition) is 7. The molecule has 1 saturated carbocycles. The van der Waals surface area contributed by atoms with Crippen LogP contribution in [0, 0.1) is 11.8 Å². The monoisotopic (exact) mass is 381 g/mol.